The average Bonchev–Trinajstić information content (AvgIpc) is 3.84. The van der Waals surface area contributed by atoms with Gasteiger partial charge in [0.1, 0.15) is 0 Å². The summed E-state index contributed by atoms with van der Waals surface area (Å²) >= 11 is 10.8. The van der Waals surface area contributed by atoms with Crippen LogP contribution in [0.4, 0.5) is 0 Å². The largest absolute Gasteiger partial charge is 0.281 e. The molecule has 50 heavy (non-hydrogen) atoms. The number of amides is 2. The first-order chi connectivity index (χ1) is 24.4. The third-order valence-electron chi connectivity index (χ3n) is 10.8. The summed E-state index contributed by atoms with van der Waals surface area (Å²) in [4.78, 5) is 34.4. The number of halogens is 2. The lowest BCUT2D eigenvalue weighted by Crippen LogP contribution is -2.27. The van der Waals surface area contributed by atoms with Gasteiger partial charge in [-0.05, 0) is 80.8 Å². The minimum Gasteiger partial charge on any atom is -0.281 e. The molecule has 0 N–H and O–H groups in total. The fourth-order valence-electron chi connectivity index (χ4n) is 8.04. The molecule has 0 aliphatic carbocycles. The van der Waals surface area contributed by atoms with E-state index in [9.17, 15) is 9.59 Å². The second-order valence-electron chi connectivity index (χ2n) is 14.6. The van der Waals surface area contributed by atoms with Crippen molar-refractivity contribution in [3.05, 3.63) is 64.1 Å². The molecule has 0 spiro atoms. The fourth-order valence-corrected chi connectivity index (χ4v) is 11.4. The van der Waals surface area contributed by atoms with Crippen molar-refractivity contribution in [2.24, 2.45) is 0 Å². The van der Waals surface area contributed by atoms with Gasteiger partial charge in [-0.1, -0.05) is 129 Å². The zero-order valence-corrected chi connectivity index (χ0v) is 35.0. The highest BCUT2D eigenvalue weighted by molar-refractivity contribution is 9.11. The van der Waals surface area contributed by atoms with Gasteiger partial charge >= 0.3 is 0 Å². The van der Waals surface area contributed by atoms with Gasteiger partial charge in [0.05, 0.1) is 39.9 Å². The van der Waals surface area contributed by atoms with Gasteiger partial charge in [-0.15, -0.1) is 22.7 Å². The van der Waals surface area contributed by atoms with Crippen LogP contribution in [0.2, 0.25) is 0 Å². The van der Waals surface area contributed by atoms with Crippen molar-refractivity contribution in [3.63, 3.8) is 0 Å². The van der Waals surface area contributed by atoms with Gasteiger partial charge in [-0.3, -0.25) is 19.4 Å². The molecule has 2 amide bonds. The number of allylic oxidation sites excluding steroid dienone is 2. The Bertz CT molecular complexity index is 1550. The van der Waals surface area contributed by atoms with E-state index in [1.165, 1.54) is 138 Å². The highest BCUT2D eigenvalue weighted by atomic mass is 79.9. The Balaban J connectivity index is 1.14. The monoisotopic (exact) mass is 840 g/mol. The summed E-state index contributed by atoms with van der Waals surface area (Å²) in [6.45, 7) is 4.55. The second kappa shape index (κ2) is 18.3. The number of hydrogen-bond acceptors (Lipinski definition) is 4. The molecular formula is C42H54Br2N2O2S2. The predicted octanol–water partition coefficient (Wildman–Crippen LogP) is 14.5. The molecule has 2 aromatic rings. The normalized spacial score (nSPS) is 16.2. The van der Waals surface area contributed by atoms with Crippen molar-refractivity contribution in [2.75, 3.05) is 0 Å². The summed E-state index contributed by atoms with van der Waals surface area (Å²) in [5.74, 6) is -0.141. The van der Waals surface area contributed by atoms with E-state index < -0.39 is 0 Å². The van der Waals surface area contributed by atoms with Gasteiger partial charge in [0, 0.05) is 23.5 Å². The molecule has 0 bridgehead atoms. The lowest BCUT2D eigenvalue weighted by Gasteiger charge is -2.28. The molecule has 0 atom stereocenters. The summed E-state index contributed by atoms with van der Waals surface area (Å²) in [5, 5.41) is 0. The Kier molecular flexibility index (Phi) is 13.9. The first-order valence-corrected chi connectivity index (χ1v) is 22.8. The van der Waals surface area contributed by atoms with Crippen molar-refractivity contribution >= 4 is 88.9 Å². The van der Waals surface area contributed by atoms with Crippen LogP contribution in [0, 0.1) is 0 Å². The molecule has 0 saturated carbocycles. The summed E-state index contributed by atoms with van der Waals surface area (Å²) in [5.41, 5.74) is 7.44. The van der Waals surface area contributed by atoms with Crippen molar-refractivity contribution in [3.8, 4) is 0 Å². The number of fused-ring (bicyclic) bond motifs is 7. The van der Waals surface area contributed by atoms with E-state index in [0.29, 0.717) is 11.1 Å². The first kappa shape index (κ1) is 38.0. The number of unbranched alkanes of at least 4 members (excludes halogenated alkanes) is 18. The number of nitrogens with zero attached hydrogens (tertiary/aromatic N) is 2. The maximum atomic E-state index is 14.4. The van der Waals surface area contributed by atoms with Gasteiger partial charge in [-0.2, -0.15) is 0 Å². The molecule has 2 aromatic heterocycles. The van der Waals surface area contributed by atoms with E-state index in [2.05, 4.69) is 57.8 Å². The quantitative estimate of drug-likeness (QED) is 0.111. The molecule has 0 radical (unpaired) electrons. The Labute approximate surface area is 325 Å². The van der Waals surface area contributed by atoms with Crippen LogP contribution in [0.1, 0.15) is 176 Å². The van der Waals surface area contributed by atoms with Gasteiger partial charge in [-0.25, -0.2) is 0 Å². The summed E-state index contributed by atoms with van der Waals surface area (Å²) in [6, 6.07) is 4.38. The molecular weight excluding hydrogens is 788 g/mol. The van der Waals surface area contributed by atoms with Gasteiger partial charge < -0.3 is 0 Å². The molecule has 8 heteroatoms. The maximum Gasteiger partial charge on any atom is 0.265 e. The predicted molar refractivity (Wildman–Crippen MR) is 220 cm³/mol. The number of carbonyl (C=O) groups is 2. The van der Waals surface area contributed by atoms with E-state index >= 15 is 0 Å². The van der Waals surface area contributed by atoms with E-state index in [0.717, 1.165) is 54.4 Å². The third kappa shape index (κ3) is 8.39. The van der Waals surface area contributed by atoms with Crippen LogP contribution in [0.5, 0.6) is 0 Å². The van der Waals surface area contributed by atoms with Crippen LogP contribution in [-0.4, -0.2) is 21.6 Å². The van der Waals surface area contributed by atoms with Crippen molar-refractivity contribution in [2.45, 2.75) is 155 Å². The van der Waals surface area contributed by atoms with E-state index in [1.807, 2.05) is 12.4 Å². The van der Waals surface area contributed by atoms with Crippen LogP contribution in [-0.2, 0) is 9.59 Å². The second-order valence-corrected chi connectivity index (χ2v) is 19.4. The average molecular weight is 843 g/mol. The summed E-state index contributed by atoms with van der Waals surface area (Å²) in [7, 11) is 0. The fraction of sp³-hybridized carbons (Fsp3) is 0.571. The Morgan fingerprint density at radius 1 is 0.500 bits per heavy atom. The Hall–Kier alpha value is -1.74. The topological polar surface area (TPSA) is 40.6 Å². The minimum atomic E-state index is -0.0707. The Morgan fingerprint density at radius 2 is 0.820 bits per heavy atom. The molecule has 0 saturated heterocycles. The zero-order valence-electron chi connectivity index (χ0n) is 30.1. The minimum absolute atomic E-state index is 0.0707. The van der Waals surface area contributed by atoms with Crippen LogP contribution < -0.4 is 0 Å². The molecule has 6 rings (SSSR count). The number of thiophene rings is 2. The molecule has 0 unspecified atom stereocenters. The lowest BCUT2D eigenvalue weighted by atomic mass is 9.95. The highest BCUT2D eigenvalue weighted by Crippen LogP contribution is 2.56. The molecule has 270 valence electrons. The molecule has 4 nitrogen and oxygen atoms in total. The highest BCUT2D eigenvalue weighted by Gasteiger charge is 2.51. The SMILES string of the molecule is CCCCCCCCCCCCC1=CN2C(=O)C3=C4c5sc(Br)cc5C(CCCCCCCCCCCC)=CN4C(=O)C3=C2c2sc(Br)cc21. The molecule has 6 heterocycles. The van der Waals surface area contributed by atoms with Gasteiger partial charge in [0.25, 0.3) is 11.8 Å². The van der Waals surface area contributed by atoms with E-state index in [1.54, 1.807) is 32.5 Å². The van der Waals surface area contributed by atoms with Crippen LogP contribution >= 0.6 is 54.5 Å². The van der Waals surface area contributed by atoms with Crippen LogP contribution in [0.3, 0.4) is 0 Å². The molecule has 4 aliphatic rings. The van der Waals surface area contributed by atoms with E-state index in [-0.39, 0.29) is 11.8 Å². The Morgan fingerprint density at radius 3 is 1.16 bits per heavy atom. The lowest BCUT2D eigenvalue weighted by molar-refractivity contribution is -0.122. The van der Waals surface area contributed by atoms with Crippen molar-refractivity contribution in [1.82, 2.24) is 9.80 Å². The standard InChI is InChI=1S/C42H54Br2N2O2S2/c1-3-5-7-9-11-13-15-17-19-21-23-29-27-45-37(39-31(29)25-33(43)49-39)35-36(41(45)47)38-40-32(26-34(44)50-40)30(28-46(38)42(35)48)24-22-20-18-16-14-12-10-8-6-4-2/h25-28H,3-24H2,1-2H3. The number of carbonyl (C=O) groups excluding carboxylic acids is 2. The first-order valence-electron chi connectivity index (χ1n) is 19.6. The van der Waals surface area contributed by atoms with Crippen molar-refractivity contribution < 1.29 is 9.59 Å². The van der Waals surface area contributed by atoms with Crippen LogP contribution in [0.15, 0.2) is 43.3 Å². The molecule has 0 fully saturated rings. The van der Waals surface area contributed by atoms with Gasteiger partial charge in [0.15, 0.2) is 0 Å². The molecule has 0 aromatic carbocycles. The van der Waals surface area contributed by atoms with E-state index in [4.69, 9.17) is 0 Å². The smallest absolute Gasteiger partial charge is 0.265 e. The number of hydrogen-bond donors (Lipinski definition) is 0. The molecule has 4 aliphatic heterocycles. The maximum absolute atomic E-state index is 14.4. The van der Waals surface area contributed by atoms with Crippen LogP contribution in [0.25, 0.3) is 22.5 Å². The summed E-state index contributed by atoms with van der Waals surface area (Å²) in [6.07, 6.45) is 32.0. The van der Waals surface area contributed by atoms with Gasteiger partial charge in [0.2, 0.25) is 0 Å². The zero-order chi connectivity index (χ0) is 35.0. The van der Waals surface area contributed by atoms with Crippen molar-refractivity contribution in [1.29, 1.82) is 0 Å². The third-order valence-corrected chi connectivity index (χ3v) is 14.1. The number of rotatable bonds is 22. The summed E-state index contributed by atoms with van der Waals surface area (Å²) < 4.78 is 2.07.